The Morgan fingerprint density at radius 1 is 1.10 bits per heavy atom. The Kier molecular flexibility index (Phi) is 6.38. The summed E-state index contributed by atoms with van der Waals surface area (Å²) in [5.41, 5.74) is 1.03. The van der Waals surface area contributed by atoms with Gasteiger partial charge in [0.1, 0.15) is 17.2 Å². The van der Waals surface area contributed by atoms with Gasteiger partial charge in [0, 0.05) is 31.6 Å². The molecule has 2 fully saturated rings. The molecule has 2 saturated heterocycles. The molecule has 8 nitrogen and oxygen atoms in total. The molecule has 3 aromatic rings. The number of anilines is 2. The van der Waals surface area contributed by atoms with Crippen LogP contribution in [0.2, 0.25) is 0 Å². The predicted molar refractivity (Wildman–Crippen MR) is 143 cm³/mol. The molecule has 0 saturated carbocycles. The van der Waals surface area contributed by atoms with Crippen LogP contribution in [0.5, 0.6) is 0 Å². The second-order valence-electron chi connectivity index (χ2n) is 11.8. The number of alkyl halides is 3. The Hall–Kier alpha value is -3.63. The maximum atomic E-state index is 13.5. The highest BCUT2D eigenvalue weighted by Crippen LogP contribution is 2.43. The van der Waals surface area contributed by atoms with Crippen molar-refractivity contribution in [3.8, 4) is 0 Å². The number of amides is 1. The van der Waals surface area contributed by atoms with Crippen LogP contribution in [0, 0.1) is 19.3 Å². The maximum absolute atomic E-state index is 13.5. The van der Waals surface area contributed by atoms with Crippen molar-refractivity contribution in [2.24, 2.45) is 5.41 Å². The first-order valence-corrected chi connectivity index (χ1v) is 12.9. The second-order valence-corrected chi connectivity index (χ2v) is 11.8. The highest BCUT2D eigenvalue weighted by Gasteiger charge is 2.54. The number of aryl methyl sites for hydroxylation is 1. The van der Waals surface area contributed by atoms with E-state index < -0.39 is 23.4 Å². The number of likely N-dealkylation sites (tertiary alicyclic amines) is 1. The van der Waals surface area contributed by atoms with Gasteiger partial charge in [-0.25, -0.2) is 19.7 Å². The number of halogens is 3. The van der Waals surface area contributed by atoms with Gasteiger partial charge in [0.2, 0.25) is 0 Å². The van der Waals surface area contributed by atoms with Crippen LogP contribution in [-0.4, -0.2) is 57.7 Å². The van der Waals surface area contributed by atoms with Crippen molar-refractivity contribution in [1.82, 2.24) is 19.9 Å². The topological polar surface area (TPSA) is 83.5 Å². The number of hydrogen-bond acceptors (Lipinski definition) is 7. The van der Waals surface area contributed by atoms with E-state index >= 15 is 0 Å². The molecule has 2 aromatic heterocycles. The van der Waals surface area contributed by atoms with Crippen LogP contribution in [0.1, 0.15) is 56.3 Å². The predicted octanol–water partition coefficient (Wildman–Crippen LogP) is 5.89. The summed E-state index contributed by atoms with van der Waals surface area (Å²) in [6.07, 6.45) is -2.93. The highest BCUT2D eigenvalue weighted by molar-refractivity contribution is 5.89. The quantitative estimate of drug-likeness (QED) is 0.440. The van der Waals surface area contributed by atoms with E-state index in [-0.39, 0.29) is 17.1 Å². The van der Waals surface area contributed by atoms with Crippen molar-refractivity contribution in [1.29, 1.82) is 0 Å². The van der Waals surface area contributed by atoms with Crippen LogP contribution in [0.3, 0.4) is 0 Å². The van der Waals surface area contributed by atoms with Gasteiger partial charge in [0.05, 0.1) is 28.9 Å². The molecule has 1 spiro atoms. The summed E-state index contributed by atoms with van der Waals surface area (Å²) in [4.78, 5) is 29.8. The number of hydrogen-bond donors (Lipinski definition) is 1. The van der Waals surface area contributed by atoms with Gasteiger partial charge in [-0.3, -0.25) is 0 Å². The molecule has 0 aliphatic carbocycles. The third-order valence-corrected chi connectivity index (χ3v) is 7.27. The highest BCUT2D eigenvalue weighted by atomic mass is 19.4. The number of nitrogens with one attached hydrogen (secondary N) is 1. The fraction of sp³-hybridized carbons (Fsp3) is 0.500. The minimum Gasteiger partial charge on any atom is -0.444 e. The smallest absolute Gasteiger partial charge is 0.416 e. The average Bonchev–Trinajstić information content (AvgIpc) is 2.75. The van der Waals surface area contributed by atoms with Crippen molar-refractivity contribution in [2.75, 3.05) is 36.4 Å². The summed E-state index contributed by atoms with van der Waals surface area (Å²) in [5, 5.41) is 4.00. The molecule has 1 amide bonds. The molecular weight excluding hydrogens is 509 g/mol. The molecule has 39 heavy (non-hydrogen) atoms. The summed E-state index contributed by atoms with van der Waals surface area (Å²) < 4.78 is 45.9. The van der Waals surface area contributed by atoms with Gasteiger partial charge in [-0.2, -0.15) is 13.2 Å². The zero-order valence-corrected chi connectivity index (χ0v) is 23.0. The van der Waals surface area contributed by atoms with Crippen molar-refractivity contribution in [2.45, 2.75) is 59.4 Å². The summed E-state index contributed by atoms with van der Waals surface area (Å²) in [6.45, 7) is 13.5. The first-order valence-electron chi connectivity index (χ1n) is 12.9. The van der Waals surface area contributed by atoms with E-state index in [1.54, 1.807) is 24.1 Å². The largest absolute Gasteiger partial charge is 0.444 e. The van der Waals surface area contributed by atoms with Crippen LogP contribution in [0.15, 0.2) is 30.5 Å². The molecule has 4 heterocycles. The Labute approximate surface area is 225 Å². The fourth-order valence-corrected chi connectivity index (χ4v) is 5.47. The van der Waals surface area contributed by atoms with Gasteiger partial charge >= 0.3 is 12.3 Å². The van der Waals surface area contributed by atoms with E-state index in [0.29, 0.717) is 41.3 Å². The van der Waals surface area contributed by atoms with E-state index in [0.717, 1.165) is 24.8 Å². The number of nitrogens with zero attached hydrogens (tertiary/aromatic N) is 5. The minimum absolute atomic E-state index is 0.0479. The summed E-state index contributed by atoms with van der Waals surface area (Å²) in [7, 11) is 0. The van der Waals surface area contributed by atoms with Crippen molar-refractivity contribution in [3.63, 3.8) is 0 Å². The number of carbonyl (C=O) groups is 1. The van der Waals surface area contributed by atoms with Gasteiger partial charge in [0.25, 0.3) is 0 Å². The first-order chi connectivity index (χ1) is 18.1. The zero-order chi connectivity index (χ0) is 28.3. The van der Waals surface area contributed by atoms with Gasteiger partial charge in [-0.1, -0.05) is 12.1 Å². The molecule has 5 rings (SSSR count). The van der Waals surface area contributed by atoms with Crippen molar-refractivity contribution >= 4 is 28.6 Å². The first kappa shape index (κ1) is 27.0. The van der Waals surface area contributed by atoms with Crippen LogP contribution < -0.4 is 10.2 Å². The Morgan fingerprint density at radius 3 is 2.44 bits per heavy atom. The zero-order valence-electron chi connectivity index (χ0n) is 23.0. The number of rotatable bonds is 4. The molecule has 208 valence electrons. The SMILES string of the molecule is Cc1nc(NC(C)c2cccc(C(F)(F)F)c2C)c2cc(N3CC4(CN(C(=O)OC(C)(C)C)C4)C3)cnc2n1. The number of benzene rings is 1. The van der Waals surface area contributed by atoms with Crippen LogP contribution in [-0.2, 0) is 10.9 Å². The number of ether oxygens (including phenoxy) is 1. The molecule has 0 radical (unpaired) electrons. The van der Waals surface area contributed by atoms with Crippen LogP contribution >= 0.6 is 0 Å². The number of fused-ring (bicyclic) bond motifs is 1. The van der Waals surface area contributed by atoms with E-state index in [4.69, 9.17) is 4.74 Å². The minimum atomic E-state index is -4.42. The standard InChI is InChI=1S/C28H33F3N6O2/c1-16-20(8-7-9-22(16)28(29,30)31)17(2)33-24-21-10-19(11-32-23(21)34-18(3)35-24)36-12-27(13-36)14-37(15-27)25(38)39-26(4,5)6/h7-11,17H,12-15H2,1-6H3,(H,32,33,34,35). The lowest BCUT2D eigenvalue weighted by Gasteiger charge is -2.60. The lowest BCUT2D eigenvalue weighted by molar-refractivity contribution is -0.138. The normalized spacial score (nSPS) is 17.6. The van der Waals surface area contributed by atoms with Gasteiger partial charge in [-0.15, -0.1) is 0 Å². The molecular formula is C28H33F3N6O2. The van der Waals surface area contributed by atoms with Gasteiger partial charge < -0.3 is 19.9 Å². The van der Waals surface area contributed by atoms with Gasteiger partial charge in [0.15, 0.2) is 5.65 Å². The lowest BCUT2D eigenvalue weighted by atomic mass is 9.73. The average molecular weight is 543 g/mol. The van der Waals surface area contributed by atoms with E-state index in [1.165, 1.54) is 13.0 Å². The maximum Gasteiger partial charge on any atom is 0.416 e. The fourth-order valence-electron chi connectivity index (χ4n) is 5.47. The summed E-state index contributed by atoms with van der Waals surface area (Å²) >= 11 is 0. The summed E-state index contributed by atoms with van der Waals surface area (Å²) in [6, 6.07) is 5.75. The monoisotopic (exact) mass is 542 g/mol. The lowest BCUT2D eigenvalue weighted by Crippen LogP contribution is -2.73. The number of carbonyl (C=O) groups excluding carboxylic acids is 1. The molecule has 1 atom stereocenters. The molecule has 0 bridgehead atoms. The van der Waals surface area contributed by atoms with Crippen LogP contribution in [0.25, 0.3) is 11.0 Å². The second kappa shape index (κ2) is 9.24. The third-order valence-electron chi connectivity index (χ3n) is 7.27. The van der Waals surface area contributed by atoms with Crippen molar-refractivity contribution < 1.29 is 22.7 Å². The van der Waals surface area contributed by atoms with Crippen LogP contribution in [0.4, 0.5) is 29.5 Å². The van der Waals surface area contributed by atoms with E-state index in [1.807, 2.05) is 33.8 Å². The number of aromatic nitrogens is 3. The Balaban J connectivity index is 1.33. The third kappa shape index (κ3) is 5.31. The van der Waals surface area contributed by atoms with Crippen molar-refractivity contribution in [3.05, 3.63) is 53.0 Å². The Morgan fingerprint density at radius 2 is 1.79 bits per heavy atom. The van der Waals surface area contributed by atoms with Gasteiger partial charge in [-0.05, 0) is 64.8 Å². The number of pyridine rings is 1. The molecule has 1 unspecified atom stereocenters. The molecule has 1 N–H and O–H groups in total. The summed E-state index contributed by atoms with van der Waals surface area (Å²) in [5.74, 6) is 1.03. The van der Waals surface area contributed by atoms with E-state index in [2.05, 4.69) is 25.2 Å². The molecule has 2 aliphatic heterocycles. The van der Waals surface area contributed by atoms with E-state index in [9.17, 15) is 18.0 Å². The molecule has 11 heteroatoms. The molecule has 1 aromatic carbocycles. The Bertz CT molecular complexity index is 1420. The molecule has 2 aliphatic rings.